The number of nitrogens with zero attached hydrogens (tertiary/aromatic N) is 3. The van der Waals surface area contributed by atoms with Gasteiger partial charge in [0.25, 0.3) is 0 Å². The maximum absolute atomic E-state index is 5.53. The molecule has 5 heteroatoms. The Kier molecular flexibility index (Phi) is 3.53. The summed E-state index contributed by atoms with van der Waals surface area (Å²) in [5.41, 5.74) is 4.80. The zero-order valence-corrected chi connectivity index (χ0v) is 8.74. The van der Waals surface area contributed by atoms with Crippen LogP contribution in [0.4, 0.5) is 0 Å². The molecule has 0 aliphatic heterocycles. The van der Waals surface area contributed by atoms with Crippen molar-refractivity contribution in [2.45, 2.75) is 12.5 Å². The molecule has 0 fully saturated rings. The summed E-state index contributed by atoms with van der Waals surface area (Å²) < 4.78 is 0. The van der Waals surface area contributed by atoms with Gasteiger partial charge in [-0.05, 0) is 30.2 Å². The minimum absolute atomic E-state index is 0.00889. The lowest BCUT2D eigenvalue weighted by Crippen LogP contribution is -2.30. The van der Waals surface area contributed by atoms with Gasteiger partial charge in [0, 0.05) is 18.6 Å². The third-order valence-corrected chi connectivity index (χ3v) is 2.35. The molecular weight excluding hydrogens is 202 g/mol. The lowest BCUT2D eigenvalue weighted by Gasteiger charge is -2.14. The zero-order valence-electron chi connectivity index (χ0n) is 8.74. The Morgan fingerprint density at radius 3 is 2.50 bits per heavy atom. The van der Waals surface area contributed by atoms with E-state index in [0.29, 0.717) is 0 Å². The van der Waals surface area contributed by atoms with Crippen molar-refractivity contribution in [3.05, 3.63) is 54.4 Å². The first-order valence-electron chi connectivity index (χ1n) is 5.01. The molecule has 0 amide bonds. The monoisotopic (exact) mass is 215 g/mol. The van der Waals surface area contributed by atoms with Crippen LogP contribution >= 0.6 is 0 Å². The fourth-order valence-electron chi connectivity index (χ4n) is 1.51. The van der Waals surface area contributed by atoms with E-state index < -0.39 is 0 Å². The highest BCUT2D eigenvalue weighted by atomic mass is 15.2. The maximum atomic E-state index is 5.53. The number of hydrazine groups is 1. The first kappa shape index (κ1) is 10.7. The van der Waals surface area contributed by atoms with Crippen molar-refractivity contribution in [3.63, 3.8) is 0 Å². The highest BCUT2D eigenvalue weighted by Gasteiger charge is 2.11. The summed E-state index contributed by atoms with van der Waals surface area (Å²) >= 11 is 0. The molecule has 82 valence electrons. The van der Waals surface area contributed by atoms with Crippen molar-refractivity contribution in [2.75, 3.05) is 0 Å². The molecule has 2 rings (SSSR count). The number of pyridine rings is 1. The molecule has 2 aromatic heterocycles. The lowest BCUT2D eigenvalue weighted by molar-refractivity contribution is 0.537. The first-order chi connectivity index (χ1) is 7.90. The van der Waals surface area contributed by atoms with Crippen molar-refractivity contribution < 1.29 is 0 Å². The molecule has 0 aromatic carbocycles. The Hall–Kier alpha value is -1.85. The van der Waals surface area contributed by atoms with E-state index in [0.717, 1.165) is 17.7 Å². The summed E-state index contributed by atoms with van der Waals surface area (Å²) in [6.07, 6.45) is 7.53. The Morgan fingerprint density at radius 1 is 1.12 bits per heavy atom. The molecule has 0 saturated heterocycles. The van der Waals surface area contributed by atoms with Gasteiger partial charge < -0.3 is 0 Å². The number of aromatic nitrogens is 3. The van der Waals surface area contributed by atoms with E-state index in [1.807, 2.05) is 18.2 Å². The van der Waals surface area contributed by atoms with Gasteiger partial charge in [-0.25, -0.2) is 9.97 Å². The van der Waals surface area contributed by atoms with E-state index >= 15 is 0 Å². The second-order valence-electron chi connectivity index (χ2n) is 3.41. The van der Waals surface area contributed by atoms with Crippen LogP contribution in [0.5, 0.6) is 0 Å². The van der Waals surface area contributed by atoms with E-state index in [9.17, 15) is 0 Å². The third kappa shape index (κ3) is 2.59. The second kappa shape index (κ2) is 5.29. The van der Waals surface area contributed by atoms with Gasteiger partial charge >= 0.3 is 0 Å². The zero-order chi connectivity index (χ0) is 11.2. The molecule has 0 aliphatic rings. The van der Waals surface area contributed by atoms with Gasteiger partial charge in [0.1, 0.15) is 6.33 Å². The van der Waals surface area contributed by atoms with E-state index in [4.69, 9.17) is 5.84 Å². The predicted molar refractivity (Wildman–Crippen MR) is 60.0 cm³/mol. The molecule has 2 aromatic rings. The largest absolute Gasteiger partial charge is 0.271 e. The maximum Gasteiger partial charge on any atom is 0.115 e. The molecule has 1 atom stereocenters. The van der Waals surface area contributed by atoms with Crippen LogP contribution in [0.3, 0.4) is 0 Å². The van der Waals surface area contributed by atoms with Gasteiger partial charge in [-0.2, -0.15) is 0 Å². The van der Waals surface area contributed by atoms with Crippen LogP contribution in [-0.4, -0.2) is 15.0 Å². The Morgan fingerprint density at radius 2 is 1.88 bits per heavy atom. The number of nitrogens with two attached hydrogens (primary N) is 1. The molecular formula is C11H13N5. The van der Waals surface area contributed by atoms with Gasteiger partial charge in [-0.1, -0.05) is 0 Å². The molecule has 2 heterocycles. The summed E-state index contributed by atoms with van der Waals surface area (Å²) in [5, 5.41) is 0. The van der Waals surface area contributed by atoms with E-state index in [1.165, 1.54) is 6.33 Å². The van der Waals surface area contributed by atoms with Gasteiger partial charge in [0.15, 0.2) is 0 Å². The standard InChI is InChI=1S/C11H13N5/c12-16-11(10-3-6-14-8-15-10)7-9-1-4-13-5-2-9/h1-6,8,11,16H,7,12H2. The smallest absolute Gasteiger partial charge is 0.115 e. The molecule has 0 saturated carbocycles. The second-order valence-corrected chi connectivity index (χ2v) is 3.41. The first-order valence-corrected chi connectivity index (χ1v) is 5.01. The summed E-state index contributed by atoms with van der Waals surface area (Å²) in [5.74, 6) is 5.53. The van der Waals surface area contributed by atoms with E-state index in [-0.39, 0.29) is 6.04 Å². The fourth-order valence-corrected chi connectivity index (χ4v) is 1.51. The summed E-state index contributed by atoms with van der Waals surface area (Å²) in [4.78, 5) is 12.0. The van der Waals surface area contributed by atoms with Crippen LogP contribution in [0.2, 0.25) is 0 Å². The van der Waals surface area contributed by atoms with Crippen LogP contribution in [0.15, 0.2) is 43.1 Å². The van der Waals surface area contributed by atoms with Crippen LogP contribution in [0.1, 0.15) is 17.3 Å². The van der Waals surface area contributed by atoms with Crippen molar-refractivity contribution >= 4 is 0 Å². The lowest BCUT2D eigenvalue weighted by atomic mass is 10.1. The fraction of sp³-hybridized carbons (Fsp3) is 0.182. The van der Waals surface area contributed by atoms with Crippen molar-refractivity contribution in [1.29, 1.82) is 0 Å². The van der Waals surface area contributed by atoms with Crippen LogP contribution in [0, 0.1) is 0 Å². The third-order valence-electron chi connectivity index (χ3n) is 2.35. The van der Waals surface area contributed by atoms with E-state index in [1.54, 1.807) is 18.6 Å². The molecule has 0 spiro atoms. The highest BCUT2D eigenvalue weighted by molar-refractivity contribution is 5.15. The topological polar surface area (TPSA) is 76.7 Å². The highest BCUT2D eigenvalue weighted by Crippen LogP contribution is 2.14. The van der Waals surface area contributed by atoms with Crippen LogP contribution in [-0.2, 0) is 6.42 Å². The minimum Gasteiger partial charge on any atom is -0.271 e. The molecule has 0 aliphatic carbocycles. The molecule has 3 N–H and O–H groups in total. The molecule has 0 radical (unpaired) electrons. The minimum atomic E-state index is -0.00889. The van der Waals surface area contributed by atoms with Gasteiger partial charge in [0.2, 0.25) is 0 Å². The van der Waals surface area contributed by atoms with Gasteiger partial charge in [0.05, 0.1) is 11.7 Å². The Balaban J connectivity index is 2.13. The predicted octanol–water partition coefficient (Wildman–Crippen LogP) is 0.619. The normalized spacial score (nSPS) is 12.3. The number of rotatable bonds is 4. The molecule has 1 unspecified atom stereocenters. The SMILES string of the molecule is NNC(Cc1ccncc1)c1ccncn1. The van der Waals surface area contributed by atoms with Crippen LogP contribution < -0.4 is 11.3 Å². The number of hydrogen-bond donors (Lipinski definition) is 2. The molecule has 5 nitrogen and oxygen atoms in total. The summed E-state index contributed by atoms with van der Waals surface area (Å²) in [7, 11) is 0. The van der Waals surface area contributed by atoms with Crippen LogP contribution in [0.25, 0.3) is 0 Å². The summed E-state index contributed by atoms with van der Waals surface area (Å²) in [6.45, 7) is 0. The Bertz CT molecular complexity index is 417. The van der Waals surface area contributed by atoms with E-state index in [2.05, 4.69) is 20.4 Å². The number of hydrogen-bond acceptors (Lipinski definition) is 5. The molecule has 16 heavy (non-hydrogen) atoms. The number of nitrogens with one attached hydrogen (secondary N) is 1. The summed E-state index contributed by atoms with van der Waals surface area (Å²) in [6, 6.07) is 5.77. The van der Waals surface area contributed by atoms with Crippen molar-refractivity contribution in [3.8, 4) is 0 Å². The quantitative estimate of drug-likeness (QED) is 0.577. The average Bonchev–Trinajstić information content (AvgIpc) is 2.38. The average molecular weight is 215 g/mol. The van der Waals surface area contributed by atoms with Crippen molar-refractivity contribution in [1.82, 2.24) is 20.4 Å². The molecule has 0 bridgehead atoms. The Labute approximate surface area is 93.7 Å². The van der Waals surface area contributed by atoms with Crippen molar-refractivity contribution in [2.24, 2.45) is 5.84 Å². The van der Waals surface area contributed by atoms with Gasteiger partial charge in [-0.3, -0.25) is 16.3 Å². The van der Waals surface area contributed by atoms with Gasteiger partial charge in [-0.15, -0.1) is 0 Å².